The van der Waals surface area contributed by atoms with E-state index in [0.29, 0.717) is 29.2 Å². The molecule has 0 radical (unpaired) electrons. The van der Waals surface area contributed by atoms with Crippen molar-refractivity contribution in [3.63, 3.8) is 0 Å². The highest BCUT2D eigenvalue weighted by Crippen LogP contribution is 2.34. The van der Waals surface area contributed by atoms with Crippen LogP contribution in [0.4, 0.5) is 0 Å². The van der Waals surface area contributed by atoms with Crippen LogP contribution >= 0.6 is 11.6 Å². The van der Waals surface area contributed by atoms with Gasteiger partial charge in [0.25, 0.3) is 0 Å². The van der Waals surface area contributed by atoms with E-state index in [4.69, 9.17) is 17.3 Å². The molecule has 6 heteroatoms. The Balaban J connectivity index is 2.39. The van der Waals surface area contributed by atoms with Crippen LogP contribution in [-0.2, 0) is 6.54 Å². The van der Waals surface area contributed by atoms with Gasteiger partial charge in [-0.15, -0.1) is 0 Å². The molecular formula is C16H14ClN3O2. The summed E-state index contributed by atoms with van der Waals surface area (Å²) in [6, 6.07) is 10.7. The van der Waals surface area contributed by atoms with Crippen LogP contribution in [0, 0.1) is 0 Å². The van der Waals surface area contributed by atoms with Gasteiger partial charge in [-0.05, 0) is 29.8 Å². The Bertz CT molecular complexity index is 840. The van der Waals surface area contributed by atoms with Crippen molar-refractivity contribution in [2.75, 3.05) is 6.54 Å². The first-order valence-corrected chi connectivity index (χ1v) is 7.17. The summed E-state index contributed by atoms with van der Waals surface area (Å²) in [6.07, 6.45) is 1.65. The number of aromatic carboxylic acids is 1. The molecule has 0 aliphatic heterocycles. The zero-order chi connectivity index (χ0) is 15.7. The number of carbonyl (C=O) groups is 1. The maximum atomic E-state index is 11.8. The second-order valence-electron chi connectivity index (χ2n) is 4.85. The molecule has 0 bridgehead atoms. The van der Waals surface area contributed by atoms with E-state index in [1.54, 1.807) is 41.1 Å². The van der Waals surface area contributed by atoms with E-state index in [1.807, 2.05) is 6.07 Å². The van der Waals surface area contributed by atoms with Crippen LogP contribution in [0.1, 0.15) is 10.5 Å². The predicted octanol–water partition coefficient (Wildman–Crippen LogP) is 3.01. The van der Waals surface area contributed by atoms with Gasteiger partial charge in [-0.2, -0.15) is 0 Å². The lowest BCUT2D eigenvalue weighted by Crippen LogP contribution is -2.15. The molecule has 2 aromatic heterocycles. The average Bonchev–Trinajstić information content (AvgIpc) is 2.84. The van der Waals surface area contributed by atoms with Crippen molar-refractivity contribution in [3.8, 4) is 11.1 Å². The SMILES string of the molecule is NCCn1c(C(=O)O)c(-c2ccc(Cl)cc2)c2ncccc21. The first kappa shape index (κ1) is 14.6. The molecule has 0 saturated heterocycles. The number of hydrogen-bond acceptors (Lipinski definition) is 3. The summed E-state index contributed by atoms with van der Waals surface area (Å²) in [5.74, 6) is -1.00. The van der Waals surface area contributed by atoms with Crippen molar-refractivity contribution < 1.29 is 9.90 Å². The number of halogens is 1. The van der Waals surface area contributed by atoms with Crippen LogP contribution in [0.2, 0.25) is 5.02 Å². The van der Waals surface area contributed by atoms with E-state index in [1.165, 1.54) is 0 Å². The van der Waals surface area contributed by atoms with Gasteiger partial charge in [0.15, 0.2) is 0 Å². The van der Waals surface area contributed by atoms with Gasteiger partial charge < -0.3 is 15.4 Å². The van der Waals surface area contributed by atoms with E-state index < -0.39 is 5.97 Å². The quantitative estimate of drug-likeness (QED) is 0.775. The molecule has 0 fully saturated rings. The molecular weight excluding hydrogens is 302 g/mol. The second kappa shape index (κ2) is 5.79. The number of fused-ring (bicyclic) bond motifs is 1. The average molecular weight is 316 g/mol. The third-order valence-corrected chi connectivity index (χ3v) is 3.76. The fraction of sp³-hybridized carbons (Fsp3) is 0.125. The molecule has 1 aromatic carbocycles. The number of carboxylic acid groups (broad SMARTS) is 1. The second-order valence-corrected chi connectivity index (χ2v) is 5.28. The van der Waals surface area contributed by atoms with Crippen LogP contribution in [0.5, 0.6) is 0 Å². The molecule has 0 spiro atoms. The molecule has 0 aliphatic carbocycles. The van der Waals surface area contributed by atoms with E-state index in [9.17, 15) is 9.90 Å². The van der Waals surface area contributed by atoms with Gasteiger partial charge in [-0.1, -0.05) is 23.7 Å². The maximum Gasteiger partial charge on any atom is 0.353 e. The Labute approximate surface area is 132 Å². The molecule has 0 atom stereocenters. The molecule has 0 amide bonds. The zero-order valence-electron chi connectivity index (χ0n) is 11.7. The number of rotatable bonds is 4. The molecule has 3 aromatic rings. The molecule has 22 heavy (non-hydrogen) atoms. The van der Waals surface area contributed by atoms with Gasteiger partial charge >= 0.3 is 5.97 Å². The predicted molar refractivity (Wildman–Crippen MR) is 86.2 cm³/mol. The zero-order valence-corrected chi connectivity index (χ0v) is 12.4. The lowest BCUT2D eigenvalue weighted by molar-refractivity contribution is 0.0686. The van der Waals surface area contributed by atoms with Crippen molar-refractivity contribution in [3.05, 3.63) is 53.3 Å². The number of nitrogens with two attached hydrogens (primary N) is 1. The van der Waals surface area contributed by atoms with Crippen molar-refractivity contribution in [2.45, 2.75) is 6.54 Å². The van der Waals surface area contributed by atoms with Crippen molar-refractivity contribution in [1.82, 2.24) is 9.55 Å². The standard InChI is InChI=1S/C16H14ClN3O2/c17-11-5-3-10(4-6-11)13-14-12(2-1-8-19-14)20(9-7-18)15(13)16(21)22/h1-6,8H,7,9,18H2,(H,21,22). The van der Waals surface area contributed by atoms with Gasteiger partial charge in [-0.25, -0.2) is 4.79 Å². The number of hydrogen-bond donors (Lipinski definition) is 2. The highest BCUT2D eigenvalue weighted by Gasteiger charge is 2.23. The first-order valence-electron chi connectivity index (χ1n) is 6.80. The first-order chi connectivity index (χ1) is 10.6. The monoisotopic (exact) mass is 315 g/mol. The van der Waals surface area contributed by atoms with Crippen LogP contribution in [0.25, 0.3) is 22.2 Å². The van der Waals surface area contributed by atoms with Crippen LogP contribution < -0.4 is 5.73 Å². The highest BCUT2D eigenvalue weighted by molar-refractivity contribution is 6.30. The topological polar surface area (TPSA) is 81.1 Å². The van der Waals surface area contributed by atoms with Crippen molar-refractivity contribution >= 4 is 28.6 Å². The van der Waals surface area contributed by atoms with E-state index in [0.717, 1.165) is 11.1 Å². The maximum absolute atomic E-state index is 11.8. The number of pyridine rings is 1. The Hall–Kier alpha value is -2.37. The van der Waals surface area contributed by atoms with E-state index in [2.05, 4.69) is 4.98 Å². The summed E-state index contributed by atoms with van der Waals surface area (Å²) in [6.45, 7) is 0.760. The lowest BCUT2D eigenvalue weighted by atomic mass is 10.0. The highest BCUT2D eigenvalue weighted by atomic mass is 35.5. The molecule has 0 unspecified atom stereocenters. The summed E-state index contributed by atoms with van der Waals surface area (Å²) in [7, 11) is 0. The van der Waals surface area contributed by atoms with Gasteiger partial charge in [0.1, 0.15) is 5.69 Å². The summed E-state index contributed by atoms with van der Waals surface area (Å²) >= 11 is 5.92. The summed E-state index contributed by atoms with van der Waals surface area (Å²) in [5.41, 5.74) is 8.60. The lowest BCUT2D eigenvalue weighted by Gasteiger charge is -2.07. The number of carboxylic acids is 1. The third kappa shape index (κ3) is 2.34. The third-order valence-electron chi connectivity index (χ3n) is 3.51. The summed E-state index contributed by atoms with van der Waals surface area (Å²) in [5, 5.41) is 10.3. The molecule has 112 valence electrons. The minimum atomic E-state index is -1.00. The molecule has 5 nitrogen and oxygen atoms in total. The van der Waals surface area contributed by atoms with Gasteiger partial charge in [0, 0.05) is 29.9 Å². The summed E-state index contributed by atoms with van der Waals surface area (Å²) in [4.78, 5) is 16.2. The molecule has 0 aliphatic rings. The number of benzene rings is 1. The van der Waals surface area contributed by atoms with Crippen molar-refractivity contribution in [1.29, 1.82) is 0 Å². The largest absolute Gasteiger partial charge is 0.477 e. The Morgan fingerprint density at radius 1 is 1.27 bits per heavy atom. The van der Waals surface area contributed by atoms with Crippen LogP contribution in [-0.4, -0.2) is 27.2 Å². The Morgan fingerprint density at radius 2 is 2.00 bits per heavy atom. The van der Waals surface area contributed by atoms with Crippen LogP contribution in [0.3, 0.4) is 0 Å². The van der Waals surface area contributed by atoms with E-state index in [-0.39, 0.29) is 5.69 Å². The smallest absolute Gasteiger partial charge is 0.353 e. The Kier molecular flexibility index (Phi) is 3.83. The van der Waals surface area contributed by atoms with E-state index >= 15 is 0 Å². The minimum absolute atomic E-state index is 0.196. The Morgan fingerprint density at radius 3 is 2.64 bits per heavy atom. The van der Waals surface area contributed by atoms with Crippen molar-refractivity contribution in [2.24, 2.45) is 5.73 Å². The molecule has 3 rings (SSSR count). The number of aromatic nitrogens is 2. The molecule has 0 saturated carbocycles. The molecule has 2 heterocycles. The fourth-order valence-electron chi connectivity index (χ4n) is 2.65. The van der Waals surface area contributed by atoms with Crippen LogP contribution in [0.15, 0.2) is 42.6 Å². The summed E-state index contributed by atoms with van der Waals surface area (Å²) < 4.78 is 1.70. The normalized spacial score (nSPS) is 11.0. The minimum Gasteiger partial charge on any atom is -0.477 e. The fourth-order valence-corrected chi connectivity index (χ4v) is 2.77. The van der Waals surface area contributed by atoms with Gasteiger partial charge in [0.05, 0.1) is 11.0 Å². The molecule has 3 N–H and O–H groups in total. The van der Waals surface area contributed by atoms with Gasteiger partial charge in [-0.3, -0.25) is 4.98 Å². The van der Waals surface area contributed by atoms with Gasteiger partial charge in [0.2, 0.25) is 0 Å². The number of nitrogens with zero attached hydrogens (tertiary/aromatic N) is 2.